The van der Waals surface area contributed by atoms with Crippen molar-refractivity contribution in [1.29, 1.82) is 0 Å². The lowest BCUT2D eigenvalue weighted by Gasteiger charge is -2.32. The highest BCUT2D eigenvalue weighted by molar-refractivity contribution is 5.95. The number of hydrogen-bond donors (Lipinski definition) is 0. The first-order valence-electron chi connectivity index (χ1n) is 19.6. The van der Waals surface area contributed by atoms with Crippen LogP contribution < -0.4 is 0 Å². The normalized spacial score (nSPS) is 17.5. The van der Waals surface area contributed by atoms with E-state index in [0.717, 1.165) is 64.5 Å². The smallest absolute Gasteiger partial charge is 0.0489 e. The zero-order valence-corrected chi connectivity index (χ0v) is 30.9. The molecule has 2 nitrogen and oxygen atoms in total. The molecule has 2 heterocycles. The topological polar surface area (TPSA) is 9.86 Å². The minimum atomic E-state index is 0.0643. The fourth-order valence-electron chi connectivity index (χ4n) is 10.0. The molecule has 0 N–H and O–H groups in total. The number of fused-ring (bicyclic) bond motifs is 8. The third-order valence-electron chi connectivity index (χ3n) is 12.7. The van der Waals surface area contributed by atoms with Crippen LogP contribution in [0, 0.1) is 0 Å². The fraction of sp³-hybridized carbons (Fsp3) is 0.306. The highest BCUT2D eigenvalue weighted by Gasteiger charge is 2.42. The van der Waals surface area contributed by atoms with Gasteiger partial charge < -0.3 is 9.13 Å². The Balaban J connectivity index is 1.01. The molecule has 3 aromatic carbocycles. The summed E-state index contributed by atoms with van der Waals surface area (Å²) in [6.45, 7) is 11.4. The predicted molar refractivity (Wildman–Crippen MR) is 221 cm³/mol. The molecule has 0 fully saturated rings. The first kappa shape index (κ1) is 32.1. The summed E-state index contributed by atoms with van der Waals surface area (Å²) in [7, 11) is 0. The van der Waals surface area contributed by atoms with Crippen molar-refractivity contribution in [2.75, 3.05) is 0 Å². The number of allylic oxidation sites excluding steroid dienone is 7. The predicted octanol–water partition coefficient (Wildman–Crippen LogP) is 13.0. The maximum atomic E-state index is 2.56. The van der Waals surface area contributed by atoms with Gasteiger partial charge in [0.15, 0.2) is 0 Å². The van der Waals surface area contributed by atoms with Crippen LogP contribution in [-0.2, 0) is 31.3 Å². The lowest BCUT2D eigenvalue weighted by atomic mass is 9.71. The molecule has 9 rings (SSSR count). The van der Waals surface area contributed by atoms with E-state index >= 15 is 0 Å². The second kappa shape index (κ2) is 12.7. The maximum Gasteiger partial charge on any atom is 0.0489 e. The first-order valence-corrected chi connectivity index (χ1v) is 19.6. The minimum absolute atomic E-state index is 0.0643. The summed E-state index contributed by atoms with van der Waals surface area (Å²) < 4.78 is 5.03. The molecule has 0 atom stereocenters. The van der Waals surface area contributed by atoms with Crippen molar-refractivity contribution in [3.63, 3.8) is 0 Å². The average molecular weight is 667 g/mol. The molecule has 256 valence electrons. The third kappa shape index (κ3) is 5.05. The number of benzene rings is 3. The Bertz CT molecular complexity index is 2400. The molecule has 2 heteroatoms. The lowest BCUT2D eigenvalue weighted by Crippen LogP contribution is -2.24. The second-order valence-corrected chi connectivity index (χ2v) is 15.0. The molecule has 0 aliphatic heterocycles. The van der Waals surface area contributed by atoms with Crippen molar-refractivity contribution in [2.24, 2.45) is 0 Å². The highest BCUT2D eigenvalue weighted by atomic mass is 15.0. The van der Waals surface area contributed by atoms with Gasteiger partial charge >= 0.3 is 0 Å². The van der Waals surface area contributed by atoms with Gasteiger partial charge in [-0.1, -0.05) is 98.9 Å². The number of hydrogen-bond acceptors (Lipinski definition) is 0. The van der Waals surface area contributed by atoms with Crippen molar-refractivity contribution < 1.29 is 0 Å². The van der Waals surface area contributed by atoms with E-state index in [1.54, 1.807) is 11.1 Å². The Morgan fingerprint density at radius 3 is 1.73 bits per heavy atom. The van der Waals surface area contributed by atoms with Gasteiger partial charge in [-0.2, -0.15) is 0 Å². The van der Waals surface area contributed by atoms with Crippen LogP contribution in [0.5, 0.6) is 0 Å². The molecule has 0 radical (unpaired) electrons. The first-order chi connectivity index (χ1) is 25.1. The molecule has 0 bridgehead atoms. The molecule has 0 unspecified atom stereocenters. The van der Waals surface area contributed by atoms with Crippen LogP contribution in [0.4, 0.5) is 0 Å². The largest absolute Gasteiger partial charge is 0.344 e. The Labute approximate surface area is 303 Å². The van der Waals surface area contributed by atoms with Crippen LogP contribution in [0.15, 0.2) is 90.0 Å². The summed E-state index contributed by atoms with van der Waals surface area (Å²) in [5, 5.41) is 2.78. The zero-order valence-electron chi connectivity index (χ0n) is 30.9. The van der Waals surface area contributed by atoms with E-state index in [2.05, 4.69) is 146 Å². The SMILES string of the molecule is CCn1c2c(c3cc(/C=C/C4=CC5=C(CC4)c4ccc(/C=C/c6ccc7c(c6)c6c(n7CC)CCC=C6)cc4C5(CC)CC)ccc31)C=CCC2. The van der Waals surface area contributed by atoms with Crippen molar-refractivity contribution in [2.45, 2.75) is 97.6 Å². The van der Waals surface area contributed by atoms with E-state index in [-0.39, 0.29) is 5.41 Å². The van der Waals surface area contributed by atoms with Crippen molar-refractivity contribution in [3.05, 3.63) is 140 Å². The lowest BCUT2D eigenvalue weighted by molar-refractivity contribution is 0.484. The van der Waals surface area contributed by atoms with Crippen LogP contribution in [0.1, 0.15) is 117 Å². The maximum absolute atomic E-state index is 2.56. The molecule has 5 aromatic rings. The van der Waals surface area contributed by atoms with Crippen LogP contribution >= 0.6 is 0 Å². The van der Waals surface area contributed by atoms with Crippen molar-refractivity contribution in [1.82, 2.24) is 9.13 Å². The average Bonchev–Trinajstić information content (AvgIpc) is 3.78. The van der Waals surface area contributed by atoms with E-state index in [1.165, 1.54) is 77.7 Å². The molecule has 4 aliphatic rings. The number of rotatable bonds is 8. The summed E-state index contributed by atoms with van der Waals surface area (Å²) in [6.07, 6.45) is 30.3. The Kier molecular flexibility index (Phi) is 8.03. The standard InChI is InChI=1S/C49H50N2/c1-5-49(6-2)43-31-35(19-17-33-23-27-47-41(29-33)39-13-9-11-15-45(39)50(47)7-3)21-25-37(43)38-26-22-36(32-44(38)49)20-18-34-24-28-48-42(30-34)40-14-10-12-16-46(40)51(48)8-4/h9-10,13-14,17-21,23-25,27-32H,5-8,11-12,15-16,22,26H2,1-4H3/b19-17+,20-18+. The van der Waals surface area contributed by atoms with Gasteiger partial charge in [-0.15, -0.1) is 0 Å². The molecule has 0 saturated carbocycles. The quantitative estimate of drug-likeness (QED) is 0.146. The van der Waals surface area contributed by atoms with Gasteiger partial charge in [-0.25, -0.2) is 0 Å². The van der Waals surface area contributed by atoms with Gasteiger partial charge in [0, 0.05) is 62.8 Å². The number of nitrogens with zero attached hydrogens (tertiary/aromatic N) is 2. The van der Waals surface area contributed by atoms with E-state index in [4.69, 9.17) is 0 Å². The van der Waals surface area contributed by atoms with Gasteiger partial charge in [-0.05, 0) is 134 Å². The monoisotopic (exact) mass is 666 g/mol. The van der Waals surface area contributed by atoms with Crippen LogP contribution in [0.25, 0.3) is 57.8 Å². The van der Waals surface area contributed by atoms with Crippen LogP contribution in [0.3, 0.4) is 0 Å². The van der Waals surface area contributed by atoms with Gasteiger partial charge in [0.25, 0.3) is 0 Å². The number of aromatic nitrogens is 2. The summed E-state index contributed by atoms with van der Waals surface area (Å²) in [5.41, 5.74) is 20.1. The second-order valence-electron chi connectivity index (χ2n) is 15.0. The number of aryl methyl sites for hydroxylation is 2. The van der Waals surface area contributed by atoms with E-state index in [9.17, 15) is 0 Å². The van der Waals surface area contributed by atoms with Gasteiger partial charge in [0.05, 0.1) is 0 Å². The fourth-order valence-corrected chi connectivity index (χ4v) is 10.0. The summed E-state index contributed by atoms with van der Waals surface area (Å²) in [4.78, 5) is 0. The van der Waals surface area contributed by atoms with Crippen molar-refractivity contribution >= 4 is 57.8 Å². The van der Waals surface area contributed by atoms with Crippen LogP contribution in [-0.4, -0.2) is 9.13 Å². The Morgan fingerprint density at radius 1 is 0.608 bits per heavy atom. The van der Waals surface area contributed by atoms with E-state index in [0.29, 0.717) is 0 Å². The summed E-state index contributed by atoms with van der Waals surface area (Å²) >= 11 is 0. The molecule has 4 aliphatic carbocycles. The molecular weight excluding hydrogens is 617 g/mol. The molecule has 2 aromatic heterocycles. The third-order valence-corrected chi connectivity index (χ3v) is 12.7. The molecular formula is C49H50N2. The molecule has 0 amide bonds. The van der Waals surface area contributed by atoms with Crippen LogP contribution in [0.2, 0.25) is 0 Å². The van der Waals surface area contributed by atoms with E-state index in [1.807, 2.05) is 0 Å². The van der Waals surface area contributed by atoms with Gasteiger partial charge in [-0.3, -0.25) is 0 Å². The molecule has 51 heavy (non-hydrogen) atoms. The highest BCUT2D eigenvalue weighted by Crippen LogP contribution is 2.55. The molecule has 0 saturated heterocycles. The Hall–Kier alpha value is -4.82. The van der Waals surface area contributed by atoms with Gasteiger partial charge in [0.2, 0.25) is 0 Å². The summed E-state index contributed by atoms with van der Waals surface area (Å²) in [5.74, 6) is 0. The zero-order chi connectivity index (χ0) is 34.7. The Morgan fingerprint density at radius 2 is 1.16 bits per heavy atom. The van der Waals surface area contributed by atoms with E-state index < -0.39 is 0 Å². The van der Waals surface area contributed by atoms with Gasteiger partial charge in [0.1, 0.15) is 0 Å². The van der Waals surface area contributed by atoms with Crippen molar-refractivity contribution in [3.8, 4) is 0 Å². The summed E-state index contributed by atoms with van der Waals surface area (Å²) in [6, 6.07) is 21.3. The molecule has 0 spiro atoms. The minimum Gasteiger partial charge on any atom is -0.344 e.